The van der Waals surface area contributed by atoms with Gasteiger partial charge in [-0.15, -0.1) is 10.2 Å². The summed E-state index contributed by atoms with van der Waals surface area (Å²) < 4.78 is 5.70. The molecule has 6 heteroatoms. The number of nitrogens with zero attached hydrogens (tertiary/aromatic N) is 3. The van der Waals surface area contributed by atoms with Crippen molar-refractivity contribution >= 4 is 11.6 Å². The number of aromatic nitrogens is 4. The maximum Gasteiger partial charge on any atom is 0.214 e. The van der Waals surface area contributed by atoms with Crippen LogP contribution in [0.15, 0.2) is 18.2 Å². The van der Waals surface area contributed by atoms with Crippen LogP contribution < -0.4 is 4.74 Å². The molecule has 2 aromatic rings. The van der Waals surface area contributed by atoms with Crippen molar-refractivity contribution in [1.82, 2.24) is 20.6 Å². The monoisotopic (exact) mass is 238 g/mol. The molecular formula is C10H11ClN4O. The van der Waals surface area contributed by atoms with Crippen molar-refractivity contribution in [2.24, 2.45) is 0 Å². The fourth-order valence-electron chi connectivity index (χ4n) is 1.33. The van der Waals surface area contributed by atoms with E-state index in [2.05, 4.69) is 20.6 Å². The molecule has 0 aliphatic heterocycles. The number of hydrogen-bond donors (Lipinski definition) is 1. The highest BCUT2D eigenvalue weighted by Crippen LogP contribution is 2.25. The lowest BCUT2D eigenvalue weighted by Gasteiger charge is -2.13. The second kappa shape index (κ2) is 4.49. The molecule has 2 rings (SSSR count). The van der Waals surface area contributed by atoms with Gasteiger partial charge in [0.25, 0.3) is 0 Å². The Hall–Kier alpha value is -1.62. The van der Waals surface area contributed by atoms with Crippen LogP contribution in [0.25, 0.3) is 0 Å². The molecule has 0 saturated carbocycles. The summed E-state index contributed by atoms with van der Waals surface area (Å²) >= 11 is 5.86. The molecule has 0 fully saturated rings. The van der Waals surface area contributed by atoms with Crippen LogP contribution in [0.2, 0.25) is 5.02 Å². The van der Waals surface area contributed by atoms with E-state index in [0.717, 1.165) is 11.3 Å². The number of nitrogens with one attached hydrogen (secondary N) is 1. The van der Waals surface area contributed by atoms with Gasteiger partial charge in [0.05, 0.1) is 0 Å². The lowest BCUT2D eigenvalue weighted by Crippen LogP contribution is -2.06. The Bertz CT molecular complexity index is 472. The highest BCUT2D eigenvalue weighted by Gasteiger charge is 2.13. The van der Waals surface area contributed by atoms with E-state index in [1.807, 2.05) is 26.0 Å². The number of H-pyrrole nitrogens is 1. The maximum atomic E-state index is 5.86. The molecule has 0 radical (unpaired) electrons. The Morgan fingerprint density at radius 1 is 1.44 bits per heavy atom. The number of tetrazole rings is 1. The molecule has 16 heavy (non-hydrogen) atoms. The number of benzene rings is 1. The van der Waals surface area contributed by atoms with Gasteiger partial charge in [-0.1, -0.05) is 16.8 Å². The molecule has 1 aromatic heterocycles. The summed E-state index contributed by atoms with van der Waals surface area (Å²) in [5.74, 6) is 1.29. The molecule has 1 N–H and O–H groups in total. The van der Waals surface area contributed by atoms with Crippen LogP contribution in [0.4, 0.5) is 0 Å². The minimum Gasteiger partial charge on any atom is -0.482 e. The van der Waals surface area contributed by atoms with Gasteiger partial charge < -0.3 is 4.74 Å². The van der Waals surface area contributed by atoms with E-state index in [-0.39, 0.29) is 6.10 Å². The van der Waals surface area contributed by atoms with Crippen LogP contribution in [0.3, 0.4) is 0 Å². The van der Waals surface area contributed by atoms with E-state index < -0.39 is 0 Å². The molecule has 1 unspecified atom stereocenters. The minimum atomic E-state index is -0.251. The molecule has 1 aromatic carbocycles. The van der Waals surface area contributed by atoms with E-state index in [1.165, 1.54) is 0 Å². The van der Waals surface area contributed by atoms with Crippen LogP contribution >= 0.6 is 11.6 Å². The minimum absolute atomic E-state index is 0.251. The summed E-state index contributed by atoms with van der Waals surface area (Å²) in [6.07, 6.45) is -0.251. The molecule has 1 atom stereocenters. The van der Waals surface area contributed by atoms with Gasteiger partial charge in [-0.05, 0) is 37.6 Å². The van der Waals surface area contributed by atoms with Crippen LogP contribution in [-0.4, -0.2) is 20.6 Å². The normalized spacial score (nSPS) is 12.4. The van der Waals surface area contributed by atoms with Crippen molar-refractivity contribution in [2.75, 3.05) is 0 Å². The highest BCUT2D eigenvalue weighted by atomic mass is 35.5. The molecule has 0 amide bonds. The zero-order chi connectivity index (χ0) is 11.5. The van der Waals surface area contributed by atoms with Crippen LogP contribution in [0.5, 0.6) is 5.75 Å². The van der Waals surface area contributed by atoms with Crippen molar-refractivity contribution in [1.29, 1.82) is 0 Å². The molecular weight excluding hydrogens is 228 g/mol. The summed E-state index contributed by atoms with van der Waals surface area (Å²) in [5.41, 5.74) is 0.975. The number of halogens is 1. The largest absolute Gasteiger partial charge is 0.482 e. The topological polar surface area (TPSA) is 63.7 Å². The molecule has 84 valence electrons. The molecule has 0 bridgehead atoms. The summed E-state index contributed by atoms with van der Waals surface area (Å²) in [7, 11) is 0. The summed E-state index contributed by atoms with van der Waals surface area (Å²) in [5, 5.41) is 14.3. The van der Waals surface area contributed by atoms with Crippen LogP contribution in [0.1, 0.15) is 24.4 Å². The van der Waals surface area contributed by atoms with E-state index in [9.17, 15) is 0 Å². The van der Waals surface area contributed by atoms with Crippen molar-refractivity contribution < 1.29 is 4.74 Å². The number of aromatic amines is 1. The zero-order valence-corrected chi connectivity index (χ0v) is 9.69. The second-order valence-corrected chi connectivity index (χ2v) is 3.88. The van der Waals surface area contributed by atoms with Crippen LogP contribution in [0, 0.1) is 6.92 Å². The van der Waals surface area contributed by atoms with Crippen molar-refractivity contribution in [3.8, 4) is 5.75 Å². The van der Waals surface area contributed by atoms with E-state index >= 15 is 0 Å². The van der Waals surface area contributed by atoms with Gasteiger partial charge in [-0.2, -0.15) is 5.21 Å². The maximum absolute atomic E-state index is 5.86. The van der Waals surface area contributed by atoms with Gasteiger partial charge in [-0.3, -0.25) is 0 Å². The molecule has 1 heterocycles. The number of ether oxygens (including phenoxy) is 1. The predicted molar refractivity (Wildman–Crippen MR) is 59.4 cm³/mol. The van der Waals surface area contributed by atoms with Gasteiger partial charge in [0.1, 0.15) is 5.75 Å². The van der Waals surface area contributed by atoms with Gasteiger partial charge in [0, 0.05) is 5.02 Å². The fourth-order valence-corrected chi connectivity index (χ4v) is 1.56. The Morgan fingerprint density at radius 2 is 2.25 bits per heavy atom. The molecule has 5 nitrogen and oxygen atoms in total. The quantitative estimate of drug-likeness (QED) is 0.891. The first-order valence-corrected chi connectivity index (χ1v) is 5.21. The predicted octanol–water partition coefficient (Wildman–Crippen LogP) is 2.30. The number of rotatable bonds is 3. The van der Waals surface area contributed by atoms with Gasteiger partial charge in [0.15, 0.2) is 6.10 Å². The summed E-state index contributed by atoms with van der Waals surface area (Å²) in [6, 6.07) is 5.46. The smallest absolute Gasteiger partial charge is 0.214 e. The van der Waals surface area contributed by atoms with Crippen LogP contribution in [-0.2, 0) is 0 Å². The van der Waals surface area contributed by atoms with Gasteiger partial charge in [0.2, 0.25) is 5.82 Å². The molecule has 0 saturated heterocycles. The lowest BCUT2D eigenvalue weighted by atomic mass is 10.2. The van der Waals surface area contributed by atoms with E-state index in [0.29, 0.717) is 10.8 Å². The first-order chi connectivity index (χ1) is 7.66. The summed E-state index contributed by atoms with van der Waals surface area (Å²) in [4.78, 5) is 0. The molecule has 0 aliphatic rings. The second-order valence-electron chi connectivity index (χ2n) is 3.44. The zero-order valence-electron chi connectivity index (χ0n) is 8.94. The Labute approximate surface area is 97.8 Å². The lowest BCUT2D eigenvalue weighted by molar-refractivity contribution is 0.215. The SMILES string of the molecule is Cc1cc(Cl)ccc1OC(C)c1nn[nH]n1. The van der Waals surface area contributed by atoms with Gasteiger partial charge in [-0.25, -0.2) is 0 Å². The summed E-state index contributed by atoms with van der Waals surface area (Å²) in [6.45, 7) is 3.79. The standard InChI is InChI=1S/C10H11ClN4O/c1-6-5-8(11)3-4-9(6)16-7(2)10-12-14-15-13-10/h3-5,7H,1-2H3,(H,12,13,14,15). The van der Waals surface area contributed by atoms with E-state index in [1.54, 1.807) is 6.07 Å². The number of aryl methyl sites for hydroxylation is 1. The third-order valence-electron chi connectivity index (χ3n) is 2.17. The highest BCUT2D eigenvalue weighted by molar-refractivity contribution is 6.30. The van der Waals surface area contributed by atoms with E-state index in [4.69, 9.17) is 16.3 Å². The Balaban J connectivity index is 2.15. The van der Waals surface area contributed by atoms with Crippen molar-refractivity contribution in [3.05, 3.63) is 34.6 Å². The Kier molecular flexibility index (Phi) is 3.05. The first kappa shape index (κ1) is 10.9. The average molecular weight is 239 g/mol. The van der Waals surface area contributed by atoms with Gasteiger partial charge >= 0.3 is 0 Å². The Morgan fingerprint density at radius 3 is 2.88 bits per heavy atom. The average Bonchev–Trinajstić information content (AvgIpc) is 2.75. The first-order valence-electron chi connectivity index (χ1n) is 4.83. The fraction of sp³-hybridized carbons (Fsp3) is 0.300. The molecule has 0 aliphatic carbocycles. The molecule has 0 spiro atoms. The number of hydrogen-bond acceptors (Lipinski definition) is 4. The van der Waals surface area contributed by atoms with Crippen molar-refractivity contribution in [3.63, 3.8) is 0 Å². The third-order valence-corrected chi connectivity index (χ3v) is 2.40. The third kappa shape index (κ3) is 2.30. The van der Waals surface area contributed by atoms with Crippen molar-refractivity contribution in [2.45, 2.75) is 20.0 Å².